The second-order valence-electron chi connectivity index (χ2n) is 10.7. The van der Waals surface area contributed by atoms with Crippen molar-refractivity contribution in [1.29, 1.82) is 0 Å². The number of hydrogen-bond acceptors (Lipinski definition) is 6. The summed E-state index contributed by atoms with van der Waals surface area (Å²) in [6.07, 6.45) is 1.07. The van der Waals surface area contributed by atoms with E-state index in [4.69, 9.17) is 4.74 Å². The number of benzene rings is 2. The summed E-state index contributed by atoms with van der Waals surface area (Å²) in [7, 11) is 0. The monoisotopic (exact) mass is 499 g/mol. The predicted octanol–water partition coefficient (Wildman–Crippen LogP) is 2.75. The Balaban J connectivity index is 1.42. The predicted molar refractivity (Wildman–Crippen MR) is 138 cm³/mol. The fraction of sp³-hybridized carbons (Fsp3) is 0.536. The van der Waals surface area contributed by atoms with E-state index in [0.717, 1.165) is 16.8 Å². The SMILES string of the molecule is CC(=O)N1CCN(CC2(O)CCN(c3cccc(F)c3)CC2)CC(O)(COc2cc(C)cc(C)c2)C1. The van der Waals surface area contributed by atoms with Crippen LogP contribution in [-0.2, 0) is 4.79 Å². The van der Waals surface area contributed by atoms with Crippen LogP contribution in [-0.4, -0.2) is 89.5 Å². The van der Waals surface area contributed by atoms with Gasteiger partial charge in [-0.3, -0.25) is 9.69 Å². The topological polar surface area (TPSA) is 76.5 Å². The Hall–Kier alpha value is -2.68. The molecule has 0 aliphatic carbocycles. The summed E-state index contributed by atoms with van der Waals surface area (Å²) in [5, 5.41) is 23.0. The highest BCUT2D eigenvalue weighted by Gasteiger charge is 2.41. The lowest BCUT2D eigenvalue weighted by Crippen LogP contribution is -2.55. The van der Waals surface area contributed by atoms with Crippen molar-refractivity contribution in [3.05, 3.63) is 59.4 Å². The molecule has 2 aromatic carbocycles. The smallest absolute Gasteiger partial charge is 0.219 e. The van der Waals surface area contributed by atoms with Crippen LogP contribution in [0.4, 0.5) is 10.1 Å². The molecule has 8 heteroatoms. The number of anilines is 1. The van der Waals surface area contributed by atoms with E-state index in [1.807, 2.05) is 36.9 Å². The molecule has 0 aromatic heterocycles. The van der Waals surface area contributed by atoms with Gasteiger partial charge in [0, 0.05) is 51.9 Å². The number of aliphatic hydroxyl groups is 2. The van der Waals surface area contributed by atoms with Crippen molar-refractivity contribution in [2.45, 2.75) is 44.8 Å². The molecule has 7 nitrogen and oxygen atoms in total. The molecule has 2 saturated heterocycles. The Kier molecular flexibility index (Phi) is 7.87. The molecule has 1 amide bonds. The largest absolute Gasteiger partial charge is 0.490 e. The number of rotatable bonds is 6. The lowest BCUT2D eigenvalue weighted by molar-refractivity contribution is -0.132. The molecule has 0 spiro atoms. The van der Waals surface area contributed by atoms with Crippen LogP contribution in [0.15, 0.2) is 42.5 Å². The summed E-state index contributed by atoms with van der Waals surface area (Å²) in [4.78, 5) is 18.0. The van der Waals surface area contributed by atoms with E-state index in [0.29, 0.717) is 51.3 Å². The molecule has 196 valence electrons. The first kappa shape index (κ1) is 26.4. The molecule has 0 radical (unpaired) electrons. The van der Waals surface area contributed by atoms with Gasteiger partial charge in [0.25, 0.3) is 0 Å². The van der Waals surface area contributed by atoms with E-state index in [9.17, 15) is 19.4 Å². The van der Waals surface area contributed by atoms with Gasteiger partial charge in [-0.1, -0.05) is 12.1 Å². The van der Waals surface area contributed by atoms with E-state index in [1.54, 1.807) is 11.0 Å². The molecule has 2 aliphatic rings. The summed E-state index contributed by atoms with van der Waals surface area (Å²) < 4.78 is 19.7. The highest BCUT2D eigenvalue weighted by molar-refractivity contribution is 5.73. The molecule has 2 aliphatic heterocycles. The fourth-order valence-corrected chi connectivity index (χ4v) is 5.40. The minimum absolute atomic E-state index is 0.0436. The molecule has 1 atom stereocenters. The average Bonchev–Trinajstić information content (AvgIpc) is 2.96. The molecule has 0 saturated carbocycles. The highest BCUT2D eigenvalue weighted by atomic mass is 19.1. The van der Waals surface area contributed by atoms with Gasteiger partial charge < -0.3 is 24.7 Å². The third kappa shape index (κ3) is 6.75. The van der Waals surface area contributed by atoms with Gasteiger partial charge in [0.2, 0.25) is 5.91 Å². The van der Waals surface area contributed by atoms with E-state index < -0.39 is 11.2 Å². The maximum absolute atomic E-state index is 13.6. The number of nitrogens with zero attached hydrogens (tertiary/aromatic N) is 3. The minimum Gasteiger partial charge on any atom is -0.490 e. The summed E-state index contributed by atoms with van der Waals surface area (Å²) in [5.41, 5.74) is 0.776. The van der Waals surface area contributed by atoms with Crippen LogP contribution < -0.4 is 9.64 Å². The number of aryl methyl sites for hydroxylation is 2. The zero-order valence-electron chi connectivity index (χ0n) is 21.5. The van der Waals surface area contributed by atoms with Gasteiger partial charge in [-0.2, -0.15) is 0 Å². The van der Waals surface area contributed by atoms with Crippen molar-refractivity contribution >= 4 is 11.6 Å². The zero-order valence-corrected chi connectivity index (χ0v) is 21.5. The van der Waals surface area contributed by atoms with Crippen molar-refractivity contribution in [3.8, 4) is 5.75 Å². The number of piperidine rings is 1. The van der Waals surface area contributed by atoms with E-state index in [-0.39, 0.29) is 31.4 Å². The van der Waals surface area contributed by atoms with Crippen LogP contribution in [0.2, 0.25) is 0 Å². The van der Waals surface area contributed by atoms with Gasteiger partial charge in [-0.05, 0) is 68.1 Å². The number of hydrogen-bond donors (Lipinski definition) is 2. The Morgan fingerprint density at radius 3 is 2.31 bits per heavy atom. The van der Waals surface area contributed by atoms with Gasteiger partial charge in [0.15, 0.2) is 0 Å². The third-order valence-electron chi connectivity index (χ3n) is 7.22. The van der Waals surface area contributed by atoms with Crippen molar-refractivity contribution in [2.75, 3.05) is 57.3 Å². The van der Waals surface area contributed by atoms with Gasteiger partial charge in [-0.25, -0.2) is 4.39 Å². The maximum atomic E-state index is 13.6. The first-order valence-corrected chi connectivity index (χ1v) is 12.7. The molecule has 2 fully saturated rings. The number of ether oxygens (including phenoxy) is 1. The molecule has 1 unspecified atom stereocenters. The van der Waals surface area contributed by atoms with Crippen LogP contribution >= 0.6 is 0 Å². The first-order valence-electron chi connectivity index (χ1n) is 12.7. The lowest BCUT2D eigenvalue weighted by atomic mass is 9.90. The number of amides is 1. The Morgan fingerprint density at radius 2 is 1.67 bits per heavy atom. The third-order valence-corrected chi connectivity index (χ3v) is 7.22. The zero-order chi connectivity index (χ0) is 25.9. The normalized spacial score (nSPS) is 22.8. The van der Waals surface area contributed by atoms with E-state index in [2.05, 4.69) is 11.0 Å². The molecule has 2 heterocycles. The second kappa shape index (κ2) is 10.7. The van der Waals surface area contributed by atoms with Crippen molar-refractivity contribution in [2.24, 2.45) is 0 Å². The highest BCUT2D eigenvalue weighted by Crippen LogP contribution is 2.29. The summed E-state index contributed by atoms with van der Waals surface area (Å²) in [6.45, 7) is 8.68. The van der Waals surface area contributed by atoms with Crippen LogP contribution in [0.3, 0.4) is 0 Å². The molecule has 2 aromatic rings. The summed E-state index contributed by atoms with van der Waals surface area (Å²) in [6, 6.07) is 12.5. The number of halogens is 1. The number of carbonyl (C=O) groups is 1. The van der Waals surface area contributed by atoms with Crippen LogP contribution in [0.25, 0.3) is 0 Å². The molecule has 4 rings (SSSR count). The van der Waals surface area contributed by atoms with Gasteiger partial charge in [-0.15, -0.1) is 0 Å². The Morgan fingerprint density at radius 1 is 0.972 bits per heavy atom. The Bertz CT molecular complexity index is 1050. The quantitative estimate of drug-likeness (QED) is 0.637. The standard InChI is InChI=1S/C28H38FN3O4/c1-21-13-22(2)15-26(14-21)36-20-28(35)18-30(11-12-32(19-28)23(3)33)17-27(34)7-9-31(10-8-27)25-6-4-5-24(29)16-25/h4-6,13-16,34-35H,7-12,17-20H2,1-3H3. The summed E-state index contributed by atoms with van der Waals surface area (Å²) in [5.74, 6) is 0.327. The van der Waals surface area contributed by atoms with Gasteiger partial charge in [0.05, 0.1) is 12.1 Å². The number of carbonyl (C=O) groups excluding carboxylic acids is 1. The maximum Gasteiger partial charge on any atom is 0.219 e. The minimum atomic E-state index is -1.28. The van der Waals surface area contributed by atoms with Gasteiger partial charge >= 0.3 is 0 Å². The van der Waals surface area contributed by atoms with Crippen molar-refractivity contribution in [3.63, 3.8) is 0 Å². The first-order chi connectivity index (χ1) is 17.0. The van der Waals surface area contributed by atoms with E-state index in [1.165, 1.54) is 19.1 Å². The molecule has 2 N–H and O–H groups in total. The molecular weight excluding hydrogens is 461 g/mol. The van der Waals surface area contributed by atoms with Crippen LogP contribution in [0, 0.1) is 19.7 Å². The fourth-order valence-electron chi connectivity index (χ4n) is 5.40. The molecular formula is C28H38FN3O4. The van der Waals surface area contributed by atoms with Crippen molar-refractivity contribution in [1.82, 2.24) is 9.80 Å². The second-order valence-corrected chi connectivity index (χ2v) is 10.7. The molecule has 0 bridgehead atoms. The Labute approximate surface area is 213 Å². The van der Waals surface area contributed by atoms with Crippen LogP contribution in [0.5, 0.6) is 5.75 Å². The van der Waals surface area contributed by atoms with E-state index >= 15 is 0 Å². The number of β-amino-alcohol motifs (C(OH)–C–C–N with tert-alkyl or cyclic N) is 2. The lowest BCUT2D eigenvalue weighted by Gasteiger charge is -2.42. The molecule has 36 heavy (non-hydrogen) atoms. The van der Waals surface area contributed by atoms with Crippen LogP contribution in [0.1, 0.15) is 30.9 Å². The average molecular weight is 500 g/mol. The van der Waals surface area contributed by atoms with Crippen molar-refractivity contribution < 1.29 is 24.1 Å². The van der Waals surface area contributed by atoms with Gasteiger partial charge in [0.1, 0.15) is 23.8 Å². The summed E-state index contributed by atoms with van der Waals surface area (Å²) >= 11 is 0.